The molecule has 1 aliphatic rings. The third-order valence-electron chi connectivity index (χ3n) is 7.07. The normalized spacial score (nSPS) is 16.1. The van der Waals surface area contributed by atoms with Gasteiger partial charge in [0.15, 0.2) is 0 Å². The first-order chi connectivity index (χ1) is 17.5. The molecule has 0 bridgehead atoms. The van der Waals surface area contributed by atoms with E-state index < -0.39 is 5.82 Å². The molecule has 0 aliphatic carbocycles. The quantitative estimate of drug-likeness (QED) is 0.402. The summed E-state index contributed by atoms with van der Waals surface area (Å²) in [4.78, 5) is 33.4. The number of rotatable bonds is 4. The van der Waals surface area contributed by atoms with Gasteiger partial charge in [-0.25, -0.2) is 9.37 Å². The molecule has 5 heterocycles. The standard InChI is InChI=1S/C28H25FN6O/c1-34-11-9-20(16-34)35(2)28(36)18-7-5-17(6-8-18)25-22(29)14-32-27-26(25)21-12-23(31-15-24(21)33-27)19-4-3-10-30-13-19/h3-8,10,12-15,20H,9,11,16H2,1-2H3,(H,32,33). The average molecular weight is 481 g/mol. The summed E-state index contributed by atoms with van der Waals surface area (Å²) in [5.74, 6) is -0.449. The number of benzene rings is 1. The minimum absolute atomic E-state index is 0.0264. The fourth-order valence-electron chi connectivity index (χ4n) is 5.07. The molecule has 1 N–H and O–H groups in total. The number of likely N-dealkylation sites (tertiary alicyclic amines) is 1. The summed E-state index contributed by atoms with van der Waals surface area (Å²) in [5, 5.41) is 1.51. The van der Waals surface area contributed by atoms with E-state index in [0.717, 1.165) is 41.7 Å². The Morgan fingerprint density at radius 3 is 2.67 bits per heavy atom. The van der Waals surface area contributed by atoms with Gasteiger partial charge in [0.1, 0.15) is 11.5 Å². The Hall–Kier alpha value is -4.17. The number of aromatic nitrogens is 4. The molecule has 6 rings (SSSR count). The van der Waals surface area contributed by atoms with E-state index in [1.165, 1.54) is 6.20 Å². The predicted octanol–water partition coefficient (Wildman–Crippen LogP) is 4.76. The van der Waals surface area contributed by atoms with Gasteiger partial charge in [0, 0.05) is 59.5 Å². The Morgan fingerprint density at radius 2 is 1.94 bits per heavy atom. The zero-order valence-corrected chi connectivity index (χ0v) is 20.1. The van der Waals surface area contributed by atoms with Crippen molar-refractivity contribution in [1.82, 2.24) is 29.7 Å². The second-order valence-electron chi connectivity index (χ2n) is 9.38. The van der Waals surface area contributed by atoms with E-state index in [1.807, 2.05) is 42.3 Å². The first-order valence-corrected chi connectivity index (χ1v) is 11.9. The number of fused-ring (bicyclic) bond motifs is 3. The summed E-state index contributed by atoms with van der Waals surface area (Å²) < 4.78 is 15.3. The molecule has 0 spiro atoms. The lowest BCUT2D eigenvalue weighted by Gasteiger charge is -2.24. The fraction of sp³-hybridized carbons (Fsp3) is 0.214. The summed E-state index contributed by atoms with van der Waals surface area (Å²) in [7, 11) is 3.92. The highest BCUT2D eigenvalue weighted by Gasteiger charge is 2.27. The second-order valence-corrected chi connectivity index (χ2v) is 9.38. The van der Waals surface area contributed by atoms with Crippen LogP contribution in [0.3, 0.4) is 0 Å². The number of halogens is 1. The van der Waals surface area contributed by atoms with Gasteiger partial charge in [-0.1, -0.05) is 12.1 Å². The van der Waals surface area contributed by atoms with E-state index in [4.69, 9.17) is 0 Å². The van der Waals surface area contributed by atoms with Crippen LogP contribution in [-0.2, 0) is 0 Å². The minimum Gasteiger partial charge on any atom is -0.338 e. The molecule has 1 aliphatic heterocycles. The lowest BCUT2D eigenvalue weighted by molar-refractivity contribution is 0.0737. The predicted molar refractivity (Wildman–Crippen MR) is 138 cm³/mol. The Kier molecular flexibility index (Phi) is 5.45. The summed E-state index contributed by atoms with van der Waals surface area (Å²) in [6.45, 7) is 1.86. The van der Waals surface area contributed by atoms with Crippen molar-refractivity contribution in [3.8, 4) is 22.4 Å². The average Bonchev–Trinajstić information content (AvgIpc) is 3.51. The third kappa shape index (κ3) is 3.79. The summed E-state index contributed by atoms with van der Waals surface area (Å²) in [5.41, 5.74) is 4.68. The van der Waals surface area contributed by atoms with E-state index in [0.29, 0.717) is 27.7 Å². The van der Waals surface area contributed by atoms with Crippen LogP contribution in [0, 0.1) is 5.82 Å². The number of carbonyl (C=O) groups excluding carboxylic acids is 1. The lowest BCUT2D eigenvalue weighted by Crippen LogP contribution is -2.38. The Balaban J connectivity index is 1.41. The van der Waals surface area contributed by atoms with Crippen LogP contribution in [0.25, 0.3) is 44.3 Å². The number of pyridine rings is 3. The van der Waals surface area contributed by atoms with Crippen molar-refractivity contribution in [3.63, 3.8) is 0 Å². The van der Waals surface area contributed by atoms with Crippen molar-refractivity contribution in [2.24, 2.45) is 0 Å². The van der Waals surface area contributed by atoms with E-state index in [9.17, 15) is 4.79 Å². The first kappa shape index (κ1) is 22.3. The van der Waals surface area contributed by atoms with Crippen LogP contribution >= 0.6 is 0 Å². The number of amides is 1. The van der Waals surface area contributed by atoms with Gasteiger partial charge in [0.2, 0.25) is 0 Å². The highest BCUT2D eigenvalue weighted by atomic mass is 19.1. The molecule has 1 aromatic carbocycles. The first-order valence-electron chi connectivity index (χ1n) is 11.9. The molecule has 5 aromatic rings. The van der Waals surface area contributed by atoms with Gasteiger partial charge in [-0.3, -0.25) is 14.8 Å². The smallest absolute Gasteiger partial charge is 0.253 e. The van der Waals surface area contributed by atoms with Gasteiger partial charge in [0.25, 0.3) is 5.91 Å². The fourth-order valence-corrected chi connectivity index (χ4v) is 5.07. The van der Waals surface area contributed by atoms with E-state index >= 15 is 4.39 Å². The SMILES string of the molecule is CN1CCC(N(C)C(=O)c2ccc(-c3c(F)cnc4[nH]c5cnc(-c6cccnc6)cc5c34)cc2)C1. The maximum atomic E-state index is 15.3. The molecule has 1 fully saturated rings. The summed E-state index contributed by atoms with van der Waals surface area (Å²) in [6.07, 6.45) is 7.39. The van der Waals surface area contributed by atoms with Crippen molar-refractivity contribution in [2.75, 3.05) is 27.2 Å². The molecule has 1 amide bonds. The number of nitrogens with one attached hydrogen (secondary N) is 1. The molecule has 4 aromatic heterocycles. The highest BCUT2D eigenvalue weighted by molar-refractivity contribution is 6.13. The topological polar surface area (TPSA) is 78.0 Å². The van der Waals surface area contributed by atoms with Gasteiger partial charge in [0.05, 0.1) is 23.6 Å². The molecule has 36 heavy (non-hydrogen) atoms. The molecule has 8 heteroatoms. The molecule has 1 unspecified atom stereocenters. The van der Waals surface area contributed by atoms with Crippen LogP contribution in [-0.4, -0.2) is 68.9 Å². The van der Waals surface area contributed by atoms with Gasteiger partial charge in [-0.05, 0) is 55.9 Å². The van der Waals surface area contributed by atoms with E-state index in [-0.39, 0.29) is 11.9 Å². The number of aromatic amines is 1. The van der Waals surface area contributed by atoms with Crippen LogP contribution in [0.2, 0.25) is 0 Å². The third-order valence-corrected chi connectivity index (χ3v) is 7.07. The number of nitrogens with zero attached hydrogens (tertiary/aromatic N) is 5. The van der Waals surface area contributed by atoms with E-state index in [1.54, 1.807) is 30.7 Å². The molecule has 7 nitrogen and oxygen atoms in total. The van der Waals surface area contributed by atoms with Crippen molar-refractivity contribution >= 4 is 27.8 Å². The molecule has 180 valence electrons. The number of likely N-dealkylation sites (N-methyl/N-ethyl adjacent to an activating group) is 2. The largest absolute Gasteiger partial charge is 0.338 e. The maximum absolute atomic E-state index is 15.3. The van der Waals surface area contributed by atoms with E-state index in [2.05, 4.69) is 31.9 Å². The van der Waals surface area contributed by atoms with Crippen molar-refractivity contribution in [1.29, 1.82) is 0 Å². The van der Waals surface area contributed by atoms with Crippen molar-refractivity contribution < 1.29 is 9.18 Å². The van der Waals surface area contributed by atoms with Crippen molar-refractivity contribution in [2.45, 2.75) is 12.5 Å². The van der Waals surface area contributed by atoms with Crippen LogP contribution in [0.5, 0.6) is 0 Å². The molecular weight excluding hydrogens is 455 g/mol. The highest BCUT2D eigenvalue weighted by Crippen LogP contribution is 2.36. The molecular formula is C28H25FN6O. The van der Waals surface area contributed by atoms with Crippen LogP contribution in [0.4, 0.5) is 4.39 Å². The van der Waals surface area contributed by atoms with Gasteiger partial charge in [-0.15, -0.1) is 0 Å². The molecule has 1 atom stereocenters. The van der Waals surface area contributed by atoms with Crippen LogP contribution < -0.4 is 0 Å². The summed E-state index contributed by atoms with van der Waals surface area (Å²) in [6, 6.07) is 13.1. The zero-order valence-electron chi connectivity index (χ0n) is 20.1. The zero-order chi connectivity index (χ0) is 24.8. The number of carbonyl (C=O) groups is 1. The van der Waals surface area contributed by atoms with Gasteiger partial charge >= 0.3 is 0 Å². The summed E-state index contributed by atoms with van der Waals surface area (Å²) >= 11 is 0. The monoisotopic (exact) mass is 480 g/mol. The van der Waals surface area contributed by atoms with Gasteiger partial charge in [-0.2, -0.15) is 0 Å². The number of hydrogen-bond donors (Lipinski definition) is 1. The van der Waals surface area contributed by atoms with Crippen molar-refractivity contribution in [3.05, 3.63) is 78.6 Å². The second kappa shape index (κ2) is 8.80. The Bertz CT molecular complexity index is 1580. The molecule has 0 radical (unpaired) electrons. The Morgan fingerprint density at radius 1 is 1.11 bits per heavy atom. The number of hydrogen-bond acceptors (Lipinski definition) is 5. The van der Waals surface area contributed by atoms with Gasteiger partial charge < -0.3 is 14.8 Å². The molecule has 0 saturated carbocycles. The van der Waals surface area contributed by atoms with Crippen LogP contribution in [0.15, 0.2) is 67.3 Å². The Labute approximate surface area is 207 Å². The minimum atomic E-state index is -0.423. The van der Waals surface area contributed by atoms with Crippen LogP contribution in [0.1, 0.15) is 16.8 Å². The lowest BCUT2D eigenvalue weighted by atomic mass is 9.99. The maximum Gasteiger partial charge on any atom is 0.253 e. The number of H-pyrrole nitrogens is 1. The molecule has 1 saturated heterocycles.